The molecule has 0 atom stereocenters. The second-order valence-corrected chi connectivity index (χ2v) is 5.18. The number of hydrogen-bond acceptors (Lipinski definition) is 3. The van der Waals surface area contributed by atoms with Crippen LogP contribution in [0.4, 0.5) is 8.78 Å². The molecule has 0 aliphatic rings. The highest BCUT2D eigenvalue weighted by Crippen LogP contribution is 2.24. The molecule has 0 N–H and O–H groups in total. The van der Waals surface area contributed by atoms with Crippen LogP contribution < -0.4 is 0 Å². The van der Waals surface area contributed by atoms with Crippen LogP contribution in [0.5, 0.6) is 0 Å². The average Bonchev–Trinajstić information content (AvgIpc) is 2.40. The number of halogens is 2. The molecule has 1 aromatic heterocycles. The Labute approximate surface area is 115 Å². The second-order valence-electron chi connectivity index (χ2n) is 4.01. The molecule has 2 rings (SSSR count). The normalized spacial score (nSPS) is 10.9. The second kappa shape index (κ2) is 6.63. The molecule has 0 fully saturated rings. The lowest BCUT2D eigenvalue weighted by Gasteiger charge is -2.19. The van der Waals surface area contributed by atoms with Crippen molar-refractivity contribution in [1.29, 1.82) is 0 Å². The maximum absolute atomic E-state index is 13.1. The van der Waals surface area contributed by atoms with Crippen molar-refractivity contribution in [3.8, 4) is 0 Å². The highest BCUT2D eigenvalue weighted by Gasteiger charge is 2.07. The maximum Gasteiger partial charge on any atom is 0.142 e. The van der Waals surface area contributed by atoms with Crippen molar-refractivity contribution in [3.05, 3.63) is 59.9 Å². The van der Waals surface area contributed by atoms with Gasteiger partial charge in [-0.3, -0.25) is 4.98 Å². The van der Waals surface area contributed by atoms with E-state index in [4.69, 9.17) is 0 Å². The molecule has 2 aromatic rings. The fourth-order valence-corrected chi connectivity index (χ4v) is 2.51. The molecule has 5 heteroatoms. The number of pyridine rings is 1. The topological polar surface area (TPSA) is 16.1 Å². The van der Waals surface area contributed by atoms with E-state index < -0.39 is 0 Å². The molecule has 0 aliphatic carbocycles. The Morgan fingerprint density at radius 2 is 1.84 bits per heavy atom. The quantitative estimate of drug-likeness (QED) is 0.773. The first-order valence-corrected chi connectivity index (χ1v) is 6.72. The van der Waals surface area contributed by atoms with Crippen LogP contribution in [-0.4, -0.2) is 15.8 Å². The van der Waals surface area contributed by atoms with E-state index >= 15 is 0 Å². The zero-order chi connectivity index (χ0) is 13.7. The molecule has 1 aromatic carbocycles. The summed E-state index contributed by atoms with van der Waals surface area (Å²) in [5.74, 6) is -0.586. The Balaban J connectivity index is 2.02. The third kappa shape index (κ3) is 4.29. The first-order valence-electron chi connectivity index (χ1n) is 5.95. The van der Waals surface area contributed by atoms with Gasteiger partial charge in [-0.2, -0.15) is 0 Å². The predicted molar refractivity (Wildman–Crippen MR) is 72.5 cm³/mol. The standard InChI is InChI=1S/C14H14F2N2S/c1-2-18(10-11-3-5-12(15)6-4-11)19-14-7-13(16)8-17-9-14/h3-9H,2,10H2,1H3. The van der Waals surface area contributed by atoms with Crippen LogP contribution >= 0.6 is 11.9 Å². The van der Waals surface area contributed by atoms with Gasteiger partial charge in [-0.1, -0.05) is 19.1 Å². The van der Waals surface area contributed by atoms with Crippen LogP contribution in [0, 0.1) is 11.6 Å². The van der Waals surface area contributed by atoms with Crippen molar-refractivity contribution in [3.63, 3.8) is 0 Å². The van der Waals surface area contributed by atoms with E-state index in [-0.39, 0.29) is 11.6 Å². The molecule has 0 bridgehead atoms. The summed E-state index contributed by atoms with van der Waals surface area (Å²) < 4.78 is 27.9. The SMILES string of the molecule is CCN(Cc1ccc(F)cc1)Sc1cncc(F)c1. The lowest BCUT2D eigenvalue weighted by molar-refractivity contribution is 0.491. The molecule has 0 saturated heterocycles. The first kappa shape index (κ1) is 14.0. The van der Waals surface area contributed by atoms with Gasteiger partial charge >= 0.3 is 0 Å². The zero-order valence-corrected chi connectivity index (χ0v) is 11.3. The van der Waals surface area contributed by atoms with Crippen molar-refractivity contribution in [1.82, 2.24) is 9.29 Å². The van der Waals surface area contributed by atoms with Crippen LogP contribution in [0.15, 0.2) is 47.6 Å². The smallest absolute Gasteiger partial charge is 0.142 e. The number of benzene rings is 1. The number of nitrogens with zero attached hydrogens (tertiary/aromatic N) is 2. The maximum atomic E-state index is 13.1. The van der Waals surface area contributed by atoms with Crippen molar-refractivity contribution in [2.24, 2.45) is 0 Å². The highest BCUT2D eigenvalue weighted by molar-refractivity contribution is 7.97. The molecule has 0 unspecified atom stereocenters. The number of rotatable bonds is 5. The van der Waals surface area contributed by atoms with E-state index in [9.17, 15) is 8.78 Å². The highest BCUT2D eigenvalue weighted by atomic mass is 32.2. The fourth-order valence-electron chi connectivity index (χ4n) is 1.59. The molecule has 0 spiro atoms. The minimum atomic E-state index is -0.345. The average molecular weight is 280 g/mol. The minimum absolute atomic E-state index is 0.242. The third-order valence-electron chi connectivity index (χ3n) is 2.54. The van der Waals surface area contributed by atoms with E-state index in [1.807, 2.05) is 6.92 Å². The van der Waals surface area contributed by atoms with E-state index in [1.165, 1.54) is 36.3 Å². The van der Waals surface area contributed by atoms with Gasteiger partial charge in [0.05, 0.1) is 6.20 Å². The molecule has 100 valence electrons. The van der Waals surface area contributed by atoms with E-state index in [1.54, 1.807) is 18.3 Å². The van der Waals surface area contributed by atoms with Gasteiger partial charge in [-0.15, -0.1) is 0 Å². The first-order chi connectivity index (χ1) is 9.17. The number of aromatic nitrogens is 1. The van der Waals surface area contributed by atoms with Crippen LogP contribution in [0.3, 0.4) is 0 Å². The molecule has 0 aliphatic heterocycles. The van der Waals surface area contributed by atoms with Gasteiger partial charge in [-0.25, -0.2) is 13.1 Å². The monoisotopic (exact) mass is 280 g/mol. The summed E-state index contributed by atoms with van der Waals surface area (Å²) in [6.45, 7) is 3.47. The Hall–Kier alpha value is -1.46. The molecule has 19 heavy (non-hydrogen) atoms. The van der Waals surface area contributed by atoms with E-state index in [0.29, 0.717) is 6.54 Å². The van der Waals surface area contributed by atoms with Gasteiger partial charge in [0.1, 0.15) is 11.6 Å². The van der Waals surface area contributed by atoms with Gasteiger partial charge in [0.15, 0.2) is 0 Å². The largest absolute Gasteiger partial charge is 0.260 e. The zero-order valence-electron chi connectivity index (χ0n) is 10.5. The van der Waals surface area contributed by atoms with Crippen LogP contribution in [-0.2, 0) is 6.54 Å². The Morgan fingerprint density at radius 1 is 1.11 bits per heavy atom. The minimum Gasteiger partial charge on any atom is -0.260 e. The van der Waals surface area contributed by atoms with Gasteiger partial charge in [0.2, 0.25) is 0 Å². The Bertz CT molecular complexity index is 531. The lowest BCUT2D eigenvalue weighted by Crippen LogP contribution is -2.14. The fraction of sp³-hybridized carbons (Fsp3) is 0.214. The van der Waals surface area contributed by atoms with Crippen molar-refractivity contribution >= 4 is 11.9 Å². The van der Waals surface area contributed by atoms with Gasteiger partial charge in [-0.05, 0) is 35.7 Å². The Kier molecular flexibility index (Phi) is 4.87. The molecule has 2 nitrogen and oxygen atoms in total. The molecular formula is C14H14F2N2S. The number of hydrogen-bond donors (Lipinski definition) is 0. The molecule has 0 saturated carbocycles. The van der Waals surface area contributed by atoms with Crippen LogP contribution in [0.2, 0.25) is 0 Å². The van der Waals surface area contributed by atoms with E-state index in [2.05, 4.69) is 9.29 Å². The lowest BCUT2D eigenvalue weighted by atomic mass is 10.2. The molecular weight excluding hydrogens is 266 g/mol. The summed E-state index contributed by atoms with van der Waals surface area (Å²) in [4.78, 5) is 4.57. The molecule has 0 amide bonds. The summed E-state index contributed by atoms with van der Waals surface area (Å²) in [7, 11) is 0. The molecule has 1 heterocycles. The van der Waals surface area contributed by atoms with E-state index in [0.717, 1.165) is 17.0 Å². The summed E-state index contributed by atoms with van der Waals surface area (Å²) >= 11 is 1.44. The van der Waals surface area contributed by atoms with Crippen LogP contribution in [0.1, 0.15) is 12.5 Å². The predicted octanol–water partition coefficient (Wildman–Crippen LogP) is 3.89. The molecule has 0 radical (unpaired) electrons. The van der Waals surface area contributed by atoms with Gasteiger partial charge in [0.25, 0.3) is 0 Å². The van der Waals surface area contributed by atoms with Crippen molar-refractivity contribution < 1.29 is 8.78 Å². The van der Waals surface area contributed by atoms with Crippen LogP contribution in [0.25, 0.3) is 0 Å². The van der Waals surface area contributed by atoms with Crippen molar-refractivity contribution in [2.45, 2.75) is 18.4 Å². The third-order valence-corrected chi connectivity index (χ3v) is 3.62. The Morgan fingerprint density at radius 3 is 2.47 bits per heavy atom. The summed E-state index contributed by atoms with van der Waals surface area (Å²) in [5, 5.41) is 0. The summed E-state index contributed by atoms with van der Waals surface area (Å²) in [5.41, 5.74) is 1.01. The van der Waals surface area contributed by atoms with Gasteiger partial charge in [0, 0.05) is 24.2 Å². The van der Waals surface area contributed by atoms with Gasteiger partial charge < -0.3 is 0 Å². The summed E-state index contributed by atoms with van der Waals surface area (Å²) in [6.07, 6.45) is 2.81. The summed E-state index contributed by atoms with van der Waals surface area (Å²) in [6, 6.07) is 7.84. The van der Waals surface area contributed by atoms with Crippen molar-refractivity contribution in [2.75, 3.05) is 6.54 Å².